The van der Waals surface area contributed by atoms with Crippen LogP contribution in [0.2, 0.25) is 10.0 Å². The molecule has 3 fully saturated rings. The SMILES string of the molecule is O=C(c1ccc(-c2cc(Cl)c(C[C@@H]3CCN([C@H]4CC[C@H](O)CC4)C3=O)c(Cl)c2)cc1)N1CCC(F)(F)CC1. The van der Waals surface area contributed by atoms with Crippen LogP contribution >= 0.6 is 23.2 Å². The number of nitrogens with zero attached hydrogens (tertiary/aromatic N) is 2. The molecule has 2 saturated heterocycles. The van der Waals surface area contributed by atoms with Crippen LogP contribution < -0.4 is 0 Å². The van der Waals surface area contributed by atoms with E-state index in [2.05, 4.69) is 0 Å². The van der Waals surface area contributed by atoms with Gasteiger partial charge in [-0.15, -0.1) is 0 Å². The maximum atomic E-state index is 13.4. The predicted octanol–water partition coefficient (Wildman–Crippen LogP) is 6.23. The van der Waals surface area contributed by atoms with E-state index in [9.17, 15) is 23.5 Å². The number of aliphatic hydroxyl groups is 1. The van der Waals surface area contributed by atoms with E-state index in [1.165, 1.54) is 4.90 Å². The Labute approximate surface area is 231 Å². The van der Waals surface area contributed by atoms with Gasteiger partial charge in [0, 0.05) is 60.0 Å². The van der Waals surface area contributed by atoms with Crippen molar-refractivity contribution in [2.75, 3.05) is 19.6 Å². The lowest BCUT2D eigenvalue weighted by Crippen LogP contribution is -2.42. The molecule has 5 nitrogen and oxygen atoms in total. The van der Waals surface area contributed by atoms with Crippen molar-refractivity contribution < 1.29 is 23.5 Å². The Hall–Kier alpha value is -2.22. The van der Waals surface area contributed by atoms with Crippen molar-refractivity contribution in [3.8, 4) is 11.1 Å². The van der Waals surface area contributed by atoms with Gasteiger partial charge in [-0.2, -0.15) is 0 Å². The Kier molecular flexibility index (Phi) is 7.99. The molecule has 2 aliphatic heterocycles. The van der Waals surface area contributed by atoms with Crippen molar-refractivity contribution in [2.45, 2.75) is 69.4 Å². The zero-order valence-corrected chi connectivity index (χ0v) is 22.7. The number of hydrogen-bond donors (Lipinski definition) is 1. The average Bonchev–Trinajstić information content (AvgIpc) is 3.26. The minimum Gasteiger partial charge on any atom is -0.393 e. The fraction of sp³-hybridized carbons (Fsp3) is 0.517. The van der Waals surface area contributed by atoms with E-state index in [1.807, 2.05) is 17.0 Å². The molecule has 5 rings (SSSR count). The van der Waals surface area contributed by atoms with Gasteiger partial charge in [0.15, 0.2) is 0 Å². The molecular weight excluding hydrogens is 533 g/mol. The molecule has 2 amide bonds. The van der Waals surface area contributed by atoms with Crippen LogP contribution in [-0.4, -0.2) is 64.4 Å². The second-order valence-corrected chi connectivity index (χ2v) is 11.6. The molecule has 0 aromatic heterocycles. The molecule has 1 saturated carbocycles. The molecule has 0 spiro atoms. The van der Waals surface area contributed by atoms with E-state index in [-0.39, 0.29) is 55.8 Å². The normalized spacial score (nSPS) is 25.6. The maximum Gasteiger partial charge on any atom is 0.253 e. The number of carbonyl (C=O) groups excluding carboxylic acids is 2. The molecule has 9 heteroatoms. The number of aliphatic hydroxyl groups excluding tert-OH is 1. The molecule has 0 unspecified atom stereocenters. The molecule has 3 aliphatic rings. The molecule has 0 bridgehead atoms. The molecule has 1 atom stereocenters. The Morgan fingerprint density at radius 2 is 1.53 bits per heavy atom. The first-order valence-corrected chi connectivity index (χ1v) is 14.1. The Balaban J connectivity index is 1.24. The average molecular weight is 565 g/mol. The summed E-state index contributed by atoms with van der Waals surface area (Å²) in [6.07, 6.45) is 3.53. The number of piperidine rings is 1. The number of alkyl halides is 2. The van der Waals surface area contributed by atoms with E-state index in [0.29, 0.717) is 22.0 Å². The van der Waals surface area contributed by atoms with E-state index < -0.39 is 5.92 Å². The molecule has 0 radical (unpaired) electrons. The second-order valence-electron chi connectivity index (χ2n) is 10.8. The number of halogens is 4. The van der Waals surface area contributed by atoms with Gasteiger partial charge in [-0.05, 0) is 79.5 Å². The third-order valence-electron chi connectivity index (χ3n) is 8.30. The fourth-order valence-electron chi connectivity index (χ4n) is 5.92. The Morgan fingerprint density at radius 3 is 2.13 bits per heavy atom. The van der Waals surface area contributed by atoms with E-state index in [1.54, 1.807) is 24.3 Å². The molecule has 1 aliphatic carbocycles. The number of likely N-dealkylation sites (tertiary alicyclic amines) is 2. The zero-order chi connectivity index (χ0) is 27.0. The van der Waals surface area contributed by atoms with Gasteiger partial charge in [-0.25, -0.2) is 8.78 Å². The summed E-state index contributed by atoms with van der Waals surface area (Å²) in [5.74, 6) is -2.98. The highest BCUT2D eigenvalue weighted by Gasteiger charge is 2.38. The van der Waals surface area contributed by atoms with E-state index in [4.69, 9.17) is 23.2 Å². The van der Waals surface area contributed by atoms with Crippen LogP contribution in [0.15, 0.2) is 36.4 Å². The molecule has 204 valence electrons. The highest BCUT2D eigenvalue weighted by Crippen LogP contribution is 2.37. The van der Waals surface area contributed by atoms with Crippen molar-refractivity contribution in [1.29, 1.82) is 0 Å². The summed E-state index contributed by atoms with van der Waals surface area (Å²) in [5.41, 5.74) is 2.82. The van der Waals surface area contributed by atoms with Crippen LogP contribution in [0.1, 0.15) is 60.9 Å². The highest BCUT2D eigenvalue weighted by atomic mass is 35.5. The van der Waals surface area contributed by atoms with E-state index >= 15 is 0 Å². The smallest absolute Gasteiger partial charge is 0.253 e. The largest absolute Gasteiger partial charge is 0.393 e. The van der Waals surface area contributed by atoms with Gasteiger partial charge >= 0.3 is 0 Å². The van der Waals surface area contributed by atoms with Crippen molar-refractivity contribution >= 4 is 35.0 Å². The van der Waals surface area contributed by atoms with Crippen LogP contribution in [0.25, 0.3) is 11.1 Å². The summed E-state index contributed by atoms with van der Waals surface area (Å²) in [5, 5.41) is 10.8. The number of amides is 2. The Morgan fingerprint density at radius 1 is 0.921 bits per heavy atom. The number of benzene rings is 2. The summed E-state index contributed by atoms with van der Waals surface area (Å²) in [6, 6.07) is 10.8. The maximum absolute atomic E-state index is 13.4. The first-order valence-electron chi connectivity index (χ1n) is 13.4. The lowest BCUT2D eigenvalue weighted by Gasteiger charge is -2.33. The van der Waals surface area contributed by atoms with Gasteiger partial charge in [0.05, 0.1) is 6.10 Å². The van der Waals surface area contributed by atoms with E-state index in [0.717, 1.165) is 55.3 Å². The lowest BCUT2D eigenvalue weighted by atomic mass is 9.92. The highest BCUT2D eigenvalue weighted by molar-refractivity contribution is 6.36. The van der Waals surface area contributed by atoms with Crippen LogP contribution in [0, 0.1) is 5.92 Å². The standard InChI is InChI=1S/C29H32Cl2F2N2O3/c30-25-16-21(18-1-3-19(4-2-18)27(37)34-13-10-29(32,33)11-14-34)17-26(31)24(25)15-20-9-12-35(28(20)38)22-5-7-23(36)8-6-22/h1-4,16-17,20,22-23,36H,5-15H2/t20-,22-,23-/m0/s1. The molecule has 2 aromatic carbocycles. The van der Waals surface area contributed by atoms with Crippen molar-refractivity contribution in [3.63, 3.8) is 0 Å². The van der Waals surface area contributed by atoms with Gasteiger partial charge in [0.25, 0.3) is 11.8 Å². The van der Waals surface area contributed by atoms with Crippen molar-refractivity contribution in [2.24, 2.45) is 5.92 Å². The summed E-state index contributed by atoms with van der Waals surface area (Å²) in [4.78, 5) is 29.3. The lowest BCUT2D eigenvalue weighted by molar-refractivity contribution is -0.133. The first kappa shape index (κ1) is 27.4. The van der Waals surface area contributed by atoms with Crippen molar-refractivity contribution in [1.82, 2.24) is 9.80 Å². The zero-order valence-electron chi connectivity index (χ0n) is 21.1. The summed E-state index contributed by atoms with van der Waals surface area (Å²) >= 11 is 13.3. The predicted molar refractivity (Wildman–Crippen MR) is 144 cm³/mol. The van der Waals surface area contributed by atoms with Gasteiger partial charge < -0.3 is 14.9 Å². The van der Waals surface area contributed by atoms with Crippen LogP contribution in [0.5, 0.6) is 0 Å². The minimum absolute atomic E-state index is 0.0469. The summed E-state index contributed by atoms with van der Waals surface area (Å²) in [6.45, 7) is 0.819. The monoisotopic (exact) mass is 564 g/mol. The molecule has 38 heavy (non-hydrogen) atoms. The van der Waals surface area contributed by atoms with Gasteiger partial charge in [-0.3, -0.25) is 9.59 Å². The number of hydrogen-bond acceptors (Lipinski definition) is 3. The number of carbonyl (C=O) groups is 2. The summed E-state index contributed by atoms with van der Waals surface area (Å²) in [7, 11) is 0. The summed E-state index contributed by atoms with van der Waals surface area (Å²) < 4.78 is 26.9. The van der Waals surface area contributed by atoms with Gasteiger partial charge in [0.1, 0.15) is 0 Å². The topological polar surface area (TPSA) is 60.9 Å². The van der Waals surface area contributed by atoms with Gasteiger partial charge in [-0.1, -0.05) is 35.3 Å². The third-order valence-corrected chi connectivity index (χ3v) is 8.97. The van der Waals surface area contributed by atoms with Crippen LogP contribution in [0.3, 0.4) is 0 Å². The minimum atomic E-state index is -2.70. The number of rotatable bonds is 5. The Bertz CT molecular complexity index is 1170. The molecule has 2 aromatic rings. The fourth-order valence-corrected chi connectivity index (χ4v) is 6.56. The van der Waals surface area contributed by atoms with Crippen molar-refractivity contribution in [3.05, 3.63) is 57.6 Å². The third kappa shape index (κ3) is 5.85. The second kappa shape index (κ2) is 11.1. The van der Waals surface area contributed by atoms with Crippen LogP contribution in [0.4, 0.5) is 8.78 Å². The quantitative estimate of drug-likeness (QED) is 0.468. The van der Waals surface area contributed by atoms with Gasteiger partial charge in [0.2, 0.25) is 5.91 Å². The first-order chi connectivity index (χ1) is 18.1. The molecule has 2 heterocycles. The molecular formula is C29H32Cl2F2N2O3. The van der Waals surface area contributed by atoms with Crippen LogP contribution in [-0.2, 0) is 11.2 Å². The molecule has 1 N–H and O–H groups in total.